The first kappa shape index (κ1) is 16.8. The maximum Gasteiger partial charge on any atom is 0.236 e. The van der Waals surface area contributed by atoms with Crippen molar-refractivity contribution < 1.29 is 14.7 Å². The molecule has 0 aromatic rings. The molecule has 1 atom stereocenters. The summed E-state index contributed by atoms with van der Waals surface area (Å²) in [6.45, 7) is 7.66. The molecule has 1 amide bonds. The third-order valence-electron chi connectivity index (χ3n) is 4.33. The van der Waals surface area contributed by atoms with Crippen molar-refractivity contribution in [3.8, 4) is 0 Å². The minimum atomic E-state index is -0.913. The number of carbonyl (C=O) groups excluding carboxylic acids is 1. The van der Waals surface area contributed by atoms with Crippen LogP contribution in [0.3, 0.4) is 0 Å². The summed E-state index contributed by atoms with van der Waals surface area (Å²) in [6, 6.07) is 0. The molecule has 0 aromatic carbocycles. The fourth-order valence-electron chi connectivity index (χ4n) is 2.81. The number of oxime groups is 1. The maximum absolute atomic E-state index is 12.8. The number of likely N-dealkylation sites (N-methyl/N-ethyl adjacent to an activating group) is 1. The predicted molar refractivity (Wildman–Crippen MR) is 77.7 cm³/mol. The van der Waals surface area contributed by atoms with Gasteiger partial charge in [0.05, 0.1) is 6.10 Å². The van der Waals surface area contributed by atoms with E-state index in [0.29, 0.717) is 25.9 Å². The summed E-state index contributed by atoms with van der Waals surface area (Å²) in [4.78, 5) is 14.6. The summed E-state index contributed by atoms with van der Waals surface area (Å²) in [7, 11) is 0. The average Bonchev–Trinajstić information content (AvgIpc) is 2.99. The molecule has 1 saturated heterocycles. The van der Waals surface area contributed by atoms with Gasteiger partial charge in [0.25, 0.3) is 0 Å². The fourth-order valence-corrected chi connectivity index (χ4v) is 2.81. The van der Waals surface area contributed by atoms with E-state index in [1.165, 1.54) is 0 Å². The van der Waals surface area contributed by atoms with Gasteiger partial charge in [-0.1, -0.05) is 19.0 Å². The van der Waals surface area contributed by atoms with Gasteiger partial charge in [0.15, 0.2) is 5.84 Å². The normalized spacial score (nSPS) is 20.1. The lowest BCUT2D eigenvalue weighted by molar-refractivity contribution is -0.140. The van der Waals surface area contributed by atoms with Crippen LogP contribution in [0, 0.1) is 5.41 Å². The van der Waals surface area contributed by atoms with Crippen LogP contribution in [0.4, 0.5) is 0 Å². The topological polar surface area (TPSA) is 88.2 Å². The molecule has 0 saturated carbocycles. The summed E-state index contributed by atoms with van der Waals surface area (Å²) in [5.41, 5.74) is 4.88. The van der Waals surface area contributed by atoms with Gasteiger partial charge in [-0.05, 0) is 32.6 Å². The van der Waals surface area contributed by atoms with Crippen molar-refractivity contribution in [1.29, 1.82) is 0 Å². The first-order valence-corrected chi connectivity index (χ1v) is 7.44. The van der Waals surface area contributed by atoms with E-state index in [1.54, 1.807) is 4.90 Å². The van der Waals surface area contributed by atoms with Crippen LogP contribution < -0.4 is 5.73 Å². The van der Waals surface area contributed by atoms with Crippen LogP contribution in [0.15, 0.2) is 5.16 Å². The van der Waals surface area contributed by atoms with Gasteiger partial charge in [-0.15, -0.1) is 0 Å². The number of hydrogen-bond donors (Lipinski definition) is 2. The Bertz CT molecular complexity index is 348. The van der Waals surface area contributed by atoms with Crippen molar-refractivity contribution in [2.24, 2.45) is 16.3 Å². The lowest BCUT2D eigenvalue weighted by Gasteiger charge is -2.35. The van der Waals surface area contributed by atoms with E-state index in [9.17, 15) is 4.79 Å². The van der Waals surface area contributed by atoms with Gasteiger partial charge in [0, 0.05) is 19.7 Å². The molecule has 116 valence electrons. The molecule has 1 fully saturated rings. The molecule has 20 heavy (non-hydrogen) atoms. The van der Waals surface area contributed by atoms with Crippen LogP contribution in [-0.2, 0) is 9.53 Å². The van der Waals surface area contributed by atoms with E-state index in [-0.39, 0.29) is 17.8 Å². The van der Waals surface area contributed by atoms with Gasteiger partial charge in [0.1, 0.15) is 5.41 Å². The zero-order valence-electron chi connectivity index (χ0n) is 12.8. The second kappa shape index (κ2) is 7.47. The van der Waals surface area contributed by atoms with Crippen LogP contribution in [-0.4, -0.2) is 47.7 Å². The molecular weight excluding hydrogens is 258 g/mol. The van der Waals surface area contributed by atoms with Crippen LogP contribution in [0.1, 0.15) is 46.5 Å². The smallest absolute Gasteiger partial charge is 0.236 e. The van der Waals surface area contributed by atoms with Gasteiger partial charge >= 0.3 is 0 Å². The molecule has 3 N–H and O–H groups in total. The van der Waals surface area contributed by atoms with Gasteiger partial charge in [-0.3, -0.25) is 4.79 Å². The number of amides is 1. The molecule has 1 unspecified atom stereocenters. The summed E-state index contributed by atoms with van der Waals surface area (Å²) < 4.78 is 5.60. The van der Waals surface area contributed by atoms with Gasteiger partial charge in [-0.25, -0.2) is 0 Å². The third-order valence-corrected chi connectivity index (χ3v) is 4.33. The summed E-state index contributed by atoms with van der Waals surface area (Å²) in [5, 5.41) is 12.1. The van der Waals surface area contributed by atoms with Crippen LogP contribution >= 0.6 is 0 Å². The molecule has 6 nitrogen and oxygen atoms in total. The minimum absolute atomic E-state index is 0.00158. The molecule has 0 spiro atoms. The highest BCUT2D eigenvalue weighted by Crippen LogP contribution is 2.30. The lowest BCUT2D eigenvalue weighted by atomic mass is 9.79. The summed E-state index contributed by atoms with van der Waals surface area (Å²) in [6.07, 6.45) is 3.17. The highest BCUT2D eigenvalue weighted by Gasteiger charge is 2.42. The summed E-state index contributed by atoms with van der Waals surface area (Å²) >= 11 is 0. The Morgan fingerprint density at radius 1 is 1.45 bits per heavy atom. The number of rotatable bonds is 7. The number of carbonyl (C=O) groups is 1. The standard InChI is InChI=1S/C14H27N3O3/c1-4-14(5-2,12(15)16-19)13(18)17(6-3)10-11-8-7-9-20-11/h11,19H,4-10H2,1-3H3,(H2,15,16). The number of ether oxygens (including phenoxy) is 1. The first-order valence-electron chi connectivity index (χ1n) is 7.44. The molecular formula is C14H27N3O3. The fraction of sp³-hybridized carbons (Fsp3) is 0.857. The molecule has 0 aliphatic carbocycles. The molecule has 1 heterocycles. The molecule has 0 radical (unpaired) electrons. The summed E-state index contributed by atoms with van der Waals surface area (Å²) in [5.74, 6) is -0.0749. The van der Waals surface area contributed by atoms with E-state index in [4.69, 9.17) is 15.7 Å². The number of hydrogen-bond acceptors (Lipinski definition) is 4. The van der Waals surface area contributed by atoms with Crippen LogP contribution in [0.2, 0.25) is 0 Å². The molecule has 1 aliphatic rings. The van der Waals surface area contributed by atoms with Crippen molar-refractivity contribution in [3.05, 3.63) is 0 Å². The van der Waals surface area contributed by atoms with Crippen molar-refractivity contribution in [1.82, 2.24) is 4.90 Å². The number of nitrogens with zero attached hydrogens (tertiary/aromatic N) is 2. The molecule has 1 rings (SSSR count). The van der Waals surface area contributed by atoms with E-state index >= 15 is 0 Å². The maximum atomic E-state index is 12.8. The monoisotopic (exact) mass is 285 g/mol. The Labute approximate surface area is 120 Å². The molecule has 6 heteroatoms. The predicted octanol–water partition coefficient (Wildman–Crippen LogP) is 1.57. The third kappa shape index (κ3) is 3.23. The number of nitrogens with two attached hydrogens (primary N) is 1. The molecule has 0 bridgehead atoms. The molecule has 1 aliphatic heterocycles. The van der Waals surface area contributed by atoms with E-state index in [0.717, 1.165) is 19.4 Å². The van der Waals surface area contributed by atoms with E-state index < -0.39 is 5.41 Å². The second-order valence-electron chi connectivity index (χ2n) is 5.25. The Morgan fingerprint density at radius 3 is 2.50 bits per heavy atom. The average molecular weight is 285 g/mol. The zero-order valence-corrected chi connectivity index (χ0v) is 12.8. The Balaban J connectivity index is 2.90. The largest absolute Gasteiger partial charge is 0.409 e. The van der Waals surface area contributed by atoms with Crippen molar-refractivity contribution in [2.75, 3.05) is 19.7 Å². The Morgan fingerprint density at radius 2 is 2.10 bits per heavy atom. The lowest BCUT2D eigenvalue weighted by Crippen LogP contribution is -2.52. The minimum Gasteiger partial charge on any atom is -0.409 e. The van der Waals surface area contributed by atoms with E-state index in [1.807, 2.05) is 20.8 Å². The van der Waals surface area contributed by atoms with Crippen molar-refractivity contribution in [3.63, 3.8) is 0 Å². The van der Waals surface area contributed by atoms with Crippen LogP contribution in [0.25, 0.3) is 0 Å². The second-order valence-corrected chi connectivity index (χ2v) is 5.25. The van der Waals surface area contributed by atoms with Crippen LogP contribution in [0.5, 0.6) is 0 Å². The van der Waals surface area contributed by atoms with Gasteiger partial charge in [0.2, 0.25) is 5.91 Å². The Hall–Kier alpha value is -1.30. The SMILES string of the molecule is CCN(CC1CCCO1)C(=O)C(CC)(CC)C(N)=NO. The van der Waals surface area contributed by atoms with Gasteiger partial charge in [-0.2, -0.15) is 0 Å². The van der Waals surface area contributed by atoms with E-state index in [2.05, 4.69) is 5.16 Å². The van der Waals surface area contributed by atoms with Crippen molar-refractivity contribution in [2.45, 2.75) is 52.6 Å². The highest BCUT2D eigenvalue weighted by molar-refractivity contribution is 6.06. The van der Waals surface area contributed by atoms with Crippen molar-refractivity contribution >= 4 is 11.7 Å². The molecule has 0 aromatic heterocycles. The quantitative estimate of drug-likeness (QED) is 0.321. The zero-order chi connectivity index (χ0) is 15.2. The number of amidine groups is 1. The van der Waals surface area contributed by atoms with Gasteiger partial charge < -0.3 is 20.6 Å². The highest BCUT2D eigenvalue weighted by atomic mass is 16.5. The first-order chi connectivity index (χ1) is 9.55. The Kier molecular flexibility index (Phi) is 6.26.